The summed E-state index contributed by atoms with van der Waals surface area (Å²) in [5.74, 6) is 0.121. The molecule has 1 N–H and O–H groups in total. The standard InChI is InChI=1S/C9H18N2O2S.ClH/c1-3-4-7-14(12,13)11-6-5-10-9(2)8-11;/h3-4,9-10H,5-8H2,1-2H3;1H/b4-3+;/t9-;/m1./s1. The Labute approximate surface area is 98.2 Å². The maximum Gasteiger partial charge on any atom is 0.217 e. The maximum absolute atomic E-state index is 11.7. The van der Waals surface area contributed by atoms with Crippen LogP contribution in [0.15, 0.2) is 12.2 Å². The van der Waals surface area contributed by atoms with Gasteiger partial charge in [-0.25, -0.2) is 8.42 Å². The van der Waals surface area contributed by atoms with E-state index in [0.717, 1.165) is 6.54 Å². The van der Waals surface area contributed by atoms with Gasteiger partial charge in [-0.05, 0) is 13.8 Å². The van der Waals surface area contributed by atoms with Gasteiger partial charge >= 0.3 is 0 Å². The van der Waals surface area contributed by atoms with Crippen LogP contribution in [-0.4, -0.2) is 44.2 Å². The Morgan fingerprint density at radius 3 is 2.73 bits per heavy atom. The Kier molecular flexibility index (Phi) is 6.43. The SMILES string of the molecule is C/C=C/CS(=O)(=O)N1CCN[C@H](C)C1.Cl. The minimum atomic E-state index is -3.07. The first-order chi connectivity index (χ1) is 6.56. The lowest BCUT2D eigenvalue weighted by Crippen LogP contribution is -2.51. The van der Waals surface area contributed by atoms with Gasteiger partial charge in [0.2, 0.25) is 10.0 Å². The zero-order valence-electron chi connectivity index (χ0n) is 9.14. The molecule has 0 spiro atoms. The quantitative estimate of drug-likeness (QED) is 0.751. The van der Waals surface area contributed by atoms with Gasteiger partial charge < -0.3 is 5.32 Å². The highest BCUT2D eigenvalue weighted by atomic mass is 35.5. The molecule has 90 valence electrons. The van der Waals surface area contributed by atoms with Crippen molar-refractivity contribution >= 4 is 22.4 Å². The van der Waals surface area contributed by atoms with Crippen molar-refractivity contribution in [2.75, 3.05) is 25.4 Å². The van der Waals surface area contributed by atoms with Gasteiger partial charge in [0.25, 0.3) is 0 Å². The van der Waals surface area contributed by atoms with Crippen LogP contribution in [0.3, 0.4) is 0 Å². The molecule has 0 bridgehead atoms. The zero-order valence-corrected chi connectivity index (χ0v) is 10.8. The van der Waals surface area contributed by atoms with Gasteiger partial charge in [0, 0.05) is 25.7 Å². The van der Waals surface area contributed by atoms with Crippen LogP contribution in [0.25, 0.3) is 0 Å². The van der Waals surface area contributed by atoms with Gasteiger partial charge in [-0.15, -0.1) is 12.4 Å². The van der Waals surface area contributed by atoms with Crippen molar-refractivity contribution in [2.24, 2.45) is 0 Å². The molecule has 0 radical (unpaired) electrons. The van der Waals surface area contributed by atoms with Gasteiger partial charge in [-0.3, -0.25) is 0 Å². The summed E-state index contributed by atoms with van der Waals surface area (Å²) in [6.07, 6.45) is 3.45. The van der Waals surface area contributed by atoms with Gasteiger partial charge in [-0.1, -0.05) is 12.2 Å². The molecule has 1 rings (SSSR count). The number of rotatable bonds is 3. The summed E-state index contributed by atoms with van der Waals surface area (Å²) < 4.78 is 25.0. The van der Waals surface area contributed by atoms with Crippen LogP contribution >= 0.6 is 12.4 Å². The lowest BCUT2D eigenvalue weighted by atomic mass is 10.3. The van der Waals surface area contributed by atoms with Crippen molar-refractivity contribution in [1.82, 2.24) is 9.62 Å². The molecule has 15 heavy (non-hydrogen) atoms. The highest BCUT2D eigenvalue weighted by Crippen LogP contribution is 2.06. The van der Waals surface area contributed by atoms with E-state index >= 15 is 0 Å². The Hall–Kier alpha value is -0.100. The monoisotopic (exact) mass is 254 g/mol. The number of halogens is 1. The number of hydrogen-bond acceptors (Lipinski definition) is 3. The minimum absolute atomic E-state index is 0. The van der Waals surface area contributed by atoms with E-state index in [1.807, 2.05) is 13.8 Å². The lowest BCUT2D eigenvalue weighted by molar-refractivity contribution is 0.311. The normalized spacial score (nSPS) is 24.0. The predicted molar refractivity (Wildman–Crippen MR) is 64.9 cm³/mol. The highest BCUT2D eigenvalue weighted by molar-refractivity contribution is 7.89. The molecule has 1 aliphatic rings. The molecule has 1 heterocycles. The van der Waals surface area contributed by atoms with Crippen molar-refractivity contribution in [3.05, 3.63) is 12.2 Å². The van der Waals surface area contributed by atoms with Crippen LogP contribution in [-0.2, 0) is 10.0 Å². The van der Waals surface area contributed by atoms with E-state index < -0.39 is 10.0 Å². The first-order valence-electron chi connectivity index (χ1n) is 4.88. The summed E-state index contributed by atoms with van der Waals surface area (Å²) in [4.78, 5) is 0. The Bertz CT molecular complexity index is 303. The van der Waals surface area contributed by atoms with Crippen LogP contribution in [0.1, 0.15) is 13.8 Å². The van der Waals surface area contributed by atoms with Gasteiger partial charge in [0.1, 0.15) is 0 Å². The molecule has 0 saturated carbocycles. The number of allylic oxidation sites excluding steroid dienone is 1. The molecule has 0 aliphatic carbocycles. The van der Waals surface area contributed by atoms with E-state index in [9.17, 15) is 8.42 Å². The van der Waals surface area contributed by atoms with E-state index in [1.54, 1.807) is 16.5 Å². The summed E-state index contributed by atoms with van der Waals surface area (Å²) >= 11 is 0. The van der Waals surface area contributed by atoms with E-state index in [1.165, 1.54) is 0 Å². The molecule has 0 amide bonds. The third kappa shape index (κ3) is 4.51. The second-order valence-corrected chi connectivity index (χ2v) is 5.57. The minimum Gasteiger partial charge on any atom is -0.312 e. The molecule has 0 aromatic carbocycles. The van der Waals surface area contributed by atoms with Crippen molar-refractivity contribution in [3.8, 4) is 0 Å². The van der Waals surface area contributed by atoms with Gasteiger partial charge in [0.05, 0.1) is 5.75 Å². The number of nitrogens with one attached hydrogen (secondary N) is 1. The van der Waals surface area contributed by atoms with Crippen molar-refractivity contribution in [2.45, 2.75) is 19.9 Å². The first kappa shape index (κ1) is 14.9. The highest BCUT2D eigenvalue weighted by Gasteiger charge is 2.25. The molecule has 1 atom stereocenters. The fourth-order valence-corrected chi connectivity index (χ4v) is 2.94. The molecular weight excluding hydrogens is 236 g/mol. The second-order valence-electron chi connectivity index (χ2n) is 3.56. The average molecular weight is 255 g/mol. The molecule has 4 nitrogen and oxygen atoms in total. The van der Waals surface area contributed by atoms with Crippen LogP contribution < -0.4 is 5.32 Å². The molecule has 6 heteroatoms. The fourth-order valence-electron chi connectivity index (χ4n) is 1.47. The summed E-state index contributed by atoms with van der Waals surface area (Å²) in [6.45, 7) is 5.74. The molecule has 1 fully saturated rings. The van der Waals surface area contributed by atoms with Gasteiger partial charge in [0.15, 0.2) is 0 Å². The number of piperazine rings is 1. The van der Waals surface area contributed by atoms with Crippen molar-refractivity contribution in [3.63, 3.8) is 0 Å². The fraction of sp³-hybridized carbons (Fsp3) is 0.778. The molecule has 1 aliphatic heterocycles. The number of nitrogens with zero attached hydrogens (tertiary/aromatic N) is 1. The van der Waals surface area contributed by atoms with Crippen molar-refractivity contribution < 1.29 is 8.42 Å². The van der Waals surface area contributed by atoms with Gasteiger partial charge in [-0.2, -0.15) is 4.31 Å². The van der Waals surface area contributed by atoms with Crippen LogP contribution in [0.4, 0.5) is 0 Å². The van der Waals surface area contributed by atoms with Crippen LogP contribution in [0, 0.1) is 0 Å². The lowest BCUT2D eigenvalue weighted by Gasteiger charge is -2.30. The van der Waals surface area contributed by atoms with Crippen LogP contribution in [0.2, 0.25) is 0 Å². The first-order valence-corrected chi connectivity index (χ1v) is 6.49. The number of hydrogen-bond donors (Lipinski definition) is 1. The Morgan fingerprint density at radius 1 is 1.53 bits per heavy atom. The summed E-state index contributed by atoms with van der Waals surface area (Å²) in [7, 11) is -3.07. The summed E-state index contributed by atoms with van der Waals surface area (Å²) in [6, 6.07) is 0.254. The molecule has 0 unspecified atom stereocenters. The molecule has 0 aromatic heterocycles. The van der Waals surface area contributed by atoms with E-state index in [4.69, 9.17) is 0 Å². The largest absolute Gasteiger partial charge is 0.312 e. The van der Waals surface area contributed by atoms with E-state index in [2.05, 4.69) is 5.32 Å². The number of sulfonamides is 1. The summed E-state index contributed by atoms with van der Waals surface area (Å²) in [5, 5.41) is 3.22. The zero-order chi connectivity index (χ0) is 10.6. The molecular formula is C9H19ClN2O2S. The molecule has 1 saturated heterocycles. The maximum atomic E-state index is 11.7. The van der Waals surface area contributed by atoms with E-state index in [0.29, 0.717) is 13.1 Å². The smallest absolute Gasteiger partial charge is 0.217 e. The Morgan fingerprint density at radius 2 is 2.20 bits per heavy atom. The topological polar surface area (TPSA) is 49.4 Å². The van der Waals surface area contributed by atoms with Crippen LogP contribution in [0.5, 0.6) is 0 Å². The Balaban J connectivity index is 0.00000196. The van der Waals surface area contributed by atoms with Crippen molar-refractivity contribution in [1.29, 1.82) is 0 Å². The average Bonchev–Trinajstić information content (AvgIpc) is 2.15. The summed E-state index contributed by atoms with van der Waals surface area (Å²) in [5.41, 5.74) is 0. The second kappa shape index (κ2) is 6.48. The predicted octanol–water partition coefficient (Wildman–Crippen LogP) is 0.608. The third-order valence-corrected chi connectivity index (χ3v) is 4.00. The molecule has 0 aromatic rings. The third-order valence-electron chi connectivity index (χ3n) is 2.27. The van der Waals surface area contributed by atoms with E-state index in [-0.39, 0.29) is 24.2 Å².